The highest BCUT2D eigenvalue weighted by atomic mass is 16.1. The number of carbonyl (C=O) groups excluding carboxylic acids is 2. The summed E-state index contributed by atoms with van der Waals surface area (Å²) >= 11 is 0. The second-order valence-corrected chi connectivity index (χ2v) is 14.8. The van der Waals surface area contributed by atoms with Crippen LogP contribution in [0.3, 0.4) is 0 Å². The van der Waals surface area contributed by atoms with Crippen molar-refractivity contribution in [2.75, 3.05) is 0 Å². The van der Waals surface area contributed by atoms with Crippen molar-refractivity contribution in [3.05, 3.63) is 11.6 Å². The fourth-order valence-electron chi connectivity index (χ4n) is 10.4. The molecular weight excluding hydrogens is 406 g/mol. The molecule has 0 saturated heterocycles. The quantitative estimate of drug-likeness (QED) is 0.442. The smallest absolute Gasteiger partial charge is 0.223 e. The number of primary amides is 1. The van der Waals surface area contributed by atoms with Gasteiger partial charge < -0.3 is 5.73 Å². The highest BCUT2D eigenvalue weighted by molar-refractivity contribution is 5.85. The zero-order valence-electron chi connectivity index (χ0n) is 22.3. The number of nitrogens with two attached hydrogens (primary N) is 1. The van der Waals surface area contributed by atoms with Crippen LogP contribution in [0.15, 0.2) is 11.6 Å². The summed E-state index contributed by atoms with van der Waals surface area (Å²) in [6.45, 7) is 16.8. The molecular formula is C30H47NO2. The van der Waals surface area contributed by atoms with Crippen molar-refractivity contribution < 1.29 is 9.59 Å². The molecule has 0 spiro atoms. The molecule has 184 valence electrons. The summed E-state index contributed by atoms with van der Waals surface area (Å²) in [4.78, 5) is 25.4. The first-order valence-electron chi connectivity index (χ1n) is 13.7. The molecule has 0 heterocycles. The van der Waals surface area contributed by atoms with Gasteiger partial charge in [-0.2, -0.15) is 0 Å². The summed E-state index contributed by atoms with van der Waals surface area (Å²) in [5.74, 6) is 1.95. The SMILES string of the molecule is CC1(C(N)=O)CC[C@]2(C)CC[C@]3(C)C(=CC[C@@H]4[C@@]5(C)CCC(=O)C(C)(C)C5CC[C@]43C)[C@H]2C1. The molecule has 33 heavy (non-hydrogen) atoms. The van der Waals surface area contributed by atoms with Gasteiger partial charge in [-0.3, -0.25) is 9.59 Å². The number of hydrogen-bond acceptors (Lipinski definition) is 2. The third-order valence-electron chi connectivity index (χ3n) is 13.2. The average Bonchev–Trinajstić information content (AvgIpc) is 2.73. The van der Waals surface area contributed by atoms with Crippen LogP contribution in [0.4, 0.5) is 0 Å². The number of carbonyl (C=O) groups is 2. The number of hydrogen-bond donors (Lipinski definition) is 1. The molecule has 0 aromatic rings. The van der Waals surface area contributed by atoms with E-state index < -0.39 is 0 Å². The number of allylic oxidation sites excluding steroid dienone is 2. The topological polar surface area (TPSA) is 60.2 Å². The highest BCUT2D eigenvalue weighted by Crippen LogP contribution is 2.75. The number of amides is 1. The van der Waals surface area contributed by atoms with E-state index in [1.54, 1.807) is 5.57 Å². The molecule has 5 aliphatic carbocycles. The summed E-state index contributed by atoms with van der Waals surface area (Å²) in [5, 5.41) is 0. The van der Waals surface area contributed by atoms with Gasteiger partial charge in [0.25, 0.3) is 0 Å². The maximum atomic E-state index is 12.9. The van der Waals surface area contributed by atoms with Crippen LogP contribution in [-0.4, -0.2) is 11.7 Å². The maximum Gasteiger partial charge on any atom is 0.223 e. The first kappa shape index (κ1) is 23.6. The van der Waals surface area contributed by atoms with E-state index in [0.717, 1.165) is 38.5 Å². The molecule has 0 aromatic carbocycles. The summed E-state index contributed by atoms with van der Waals surface area (Å²) in [7, 11) is 0. The molecule has 3 nitrogen and oxygen atoms in total. The fraction of sp³-hybridized carbons (Fsp3) is 0.867. The molecule has 0 aromatic heterocycles. The van der Waals surface area contributed by atoms with Crippen LogP contribution in [-0.2, 0) is 9.59 Å². The van der Waals surface area contributed by atoms with Crippen molar-refractivity contribution in [2.24, 2.45) is 56.0 Å². The van der Waals surface area contributed by atoms with E-state index in [2.05, 4.69) is 54.5 Å². The Morgan fingerprint density at radius 3 is 2.24 bits per heavy atom. The number of ketones is 1. The van der Waals surface area contributed by atoms with E-state index in [4.69, 9.17) is 5.73 Å². The molecule has 4 saturated carbocycles. The van der Waals surface area contributed by atoms with Crippen LogP contribution >= 0.6 is 0 Å². The minimum atomic E-state index is -0.377. The van der Waals surface area contributed by atoms with E-state index in [1.165, 1.54) is 25.7 Å². The number of Topliss-reactive ketones (excluding diaryl/α,β-unsaturated/α-hetero) is 1. The Bertz CT molecular complexity index is 934. The van der Waals surface area contributed by atoms with Gasteiger partial charge in [-0.15, -0.1) is 0 Å². The van der Waals surface area contributed by atoms with Crippen LogP contribution in [0, 0.1) is 50.2 Å². The van der Waals surface area contributed by atoms with Gasteiger partial charge in [-0.05, 0) is 97.2 Å². The third-order valence-corrected chi connectivity index (χ3v) is 13.2. The monoisotopic (exact) mass is 453 g/mol. The minimum absolute atomic E-state index is 0.112. The van der Waals surface area contributed by atoms with E-state index in [1.807, 2.05) is 0 Å². The molecule has 3 heteroatoms. The second-order valence-electron chi connectivity index (χ2n) is 14.8. The standard InChI is InChI=1S/C30H47NO2/c1-25(2)21-10-13-30(7)22(28(21,5)12-11-23(25)32)9-8-19-20-18-27(4,24(31)33)15-14-26(20,3)16-17-29(19,30)6/h8,20-22H,9-18H2,1-7H3,(H2,31,33)/t20-,21?,22-,26-,27?,28+,29-,30-/m1/s1. The summed E-state index contributed by atoms with van der Waals surface area (Å²) < 4.78 is 0. The van der Waals surface area contributed by atoms with Crippen LogP contribution in [0.1, 0.15) is 113 Å². The van der Waals surface area contributed by atoms with Crippen molar-refractivity contribution in [3.63, 3.8) is 0 Å². The Kier molecular flexibility index (Phi) is 4.83. The average molecular weight is 454 g/mol. The van der Waals surface area contributed by atoms with Crippen molar-refractivity contribution >= 4 is 11.7 Å². The van der Waals surface area contributed by atoms with E-state index in [9.17, 15) is 9.59 Å². The van der Waals surface area contributed by atoms with Crippen LogP contribution in [0.25, 0.3) is 0 Å². The number of fused-ring (bicyclic) bond motifs is 7. The summed E-state index contributed by atoms with van der Waals surface area (Å²) in [6.07, 6.45) is 13.5. The van der Waals surface area contributed by atoms with Crippen molar-refractivity contribution in [1.29, 1.82) is 0 Å². The van der Waals surface area contributed by atoms with Crippen molar-refractivity contribution in [3.8, 4) is 0 Å². The van der Waals surface area contributed by atoms with Gasteiger partial charge in [0, 0.05) is 17.3 Å². The molecule has 8 atom stereocenters. The predicted molar refractivity (Wildman–Crippen MR) is 133 cm³/mol. The second kappa shape index (κ2) is 6.76. The Morgan fingerprint density at radius 1 is 0.909 bits per heavy atom. The van der Waals surface area contributed by atoms with Gasteiger partial charge in [-0.1, -0.05) is 60.1 Å². The van der Waals surface area contributed by atoms with E-state index in [-0.39, 0.29) is 33.0 Å². The van der Waals surface area contributed by atoms with Gasteiger partial charge in [0.05, 0.1) is 0 Å². The molecule has 0 bridgehead atoms. The lowest BCUT2D eigenvalue weighted by molar-refractivity contribution is -0.184. The Balaban J connectivity index is 1.58. The minimum Gasteiger partial charge on any atom is -0.369 e. The Morgan fingerprint density at radius 2 is 1.58 bits per heavy atom. The Labute approximate surface area is 201 Å². The molecule has 5 aliphatic rings. The zero-order chi connectivity index (χ0) is 24.2. The molecule has 5 rings (SSSR count). The number of rotatable bonds is 1. The van der Waals surface area contributed by atoms with Gasteiger partial charge in [0.15, 0.2) is 0 Å². The lowest BCUT2D eigenvalue weighted by Gasteiger charge is -2.70. The van der Waals surface area contributed by atoms with E-state index >= 15 is 0 Å². The lowest BCUT2D eigenvalue weighted by atomic mass is 9.33. The van der Waals surface area contributed by atoms with Crippen LogP contribution in [0.2, 0.25) is 0 Å². The van der Waals surface area contributed by atoms with Gasteiger partial charge in [-0.25, -0.2) is 0 Å². The van der Waals surface area contributed by atoms with Crippen LogP contribution in [0.5, 0.6) is 0 Å². The molecule has 0 radical (unpaired) electrons. The lowest BCUT2D eigenvalue weighted by Crippen LogP contribution is -2.64. The van der Waals surface area contributed by atoms with Crippen molar-refractivity contribution in [1.82, 2.24) is 0 Å². The molecule has 0 aliphatic heterocycles. The third kappa shape index (κ3) is 2.80. The molecule has 2 unspecified atom stereocenters. The normalized spacial score (nSPS) is 53.1. The first-order chi connectivity index (χ1) is 15.1. The van der Waals surface area contributed by atoms with Gasteiger partial charge >= 0.3 is 0 Å². The molecule has 4 fully saturated rings. The first-order valence-corrected chi connectivity index (χ1v) is 13.7. The summed E-state index contributed by atoms with van der Waals surface area (Å²) in [5.41, 5.74) is 7.98. The van der Waals surface area contributed by atoms with Gasteiger partial charge in [0.2, 0.25) is 5.91 Å². The zero-order valence-corrected chi connectivity index (χ0v) is 22.3. The maximum absolute atomic E-state index is 12.9. The highest BCUT2D eigenvalue weighted by Gasteiger charge is 2.68. The molecule has 1 amide bonds. The summed E-state index contributed by atoms with van der Waals surface area (Å²) in [6, 6.07) is 0. The van der Waals surface area contributed by atoms with E-state index in [0.29, 0.717) is 29.0 Å². The van der Waals surface area contributed by atoms with Gasteiger partial charge in [0.1, 0.15) is 5.78 Å². The Hall–Kier alpha value is -1.12. The van der Waals surface area contributed by atoms with Crippen molar-refractivity contribution in [2.45, 2.75) is 113 Å². The fourth-order valence-corrected chi connectivity index (χ4v) is 10.4. The predicted octanol–water partition coefficient (Wildman–Crippen LogP) is 6.84. The largest absolute Gasteiger partial charge is 0.369 e. The van der Waals surface area contributed by atoms with Crippen LogP contribution < -0.4 is 5.73 Å². The molecule has 2 N–H and O–H groups in total.